The predicted molar refractivity (Wildman–Crippen MR) is 107 cm³/mol. The van der Waals surface area contributed by atoms with Crippen molar-refractivity contribution in [3.8, 4) is 5.69 Å². The zero-order chi connectivity index (χ0) is 19.7. The smallest absolute Gasteiger partial charge is 0.333 e. The van der Waals surface area contributed by atoms with Crippen LogP contribution in [0.25, 0.3) is 16.7 Å². The van der Waals surface area contributed by atoms with Gasteiger partial charge in [0.25, 0.3) is 0 Å². The molecule has 1 heterocycles. The molecule has 7 nitrogen and oxygen atoms in total. The molecule has 0 aliphatic carbocycles. The van der Waals surface area contributed by atoms with Crippen molar-refractivity contribution in [2.24, 2.45) is 12.8 Å². The summed E-state index contributed by atoms with van der Waals surface area (Å²) in [6.45, 7) is 0. The summed E-state index contributed by atoms with van der Waals surface area (Å²) in [5.41, 5.74) is 10.1. The van der Waals surface area contributed by atoms with Crippen molar-refractivity contribution in [3.63, 3.8) is 0 Å². The Labute approximate surface area is 157 Å². The first-order valence-electron chi connectivity index (χ1n) is 8.65. The topological polar surface area (TPSA) is 82.5 Å². The molecule has 7 heteroatoms. The number of rotatable bonds is 5. The minimum atomic E-state index is -0.705. The third-order valence-electron chi connectivity index (χ3n) is 4.71. The fourth-order valence-corrected chi connectivity index (χ4v) is 3.13. The fourth-order valence-electron chi connectivity index (χ4n) is 3.13. The molecular formula is C20H24N4O3. The Kier molecular flexibility index (Phi) is 5.05. The molecule has 0 radical (unpaired) electrons. The van der Waals surface area contributed by atoms with Crippen LogP contribution in [0.3, 0.4) is 0 Å². The van der Waals surface area contributed by atoms with E-state index < -0.39 is 12.0 Å². The number of imidazole rings is 1. The second-order valence-corrected chi connectivity index (χ2v) is 6.74. The van der Waals surface area contributed by atoms with Gasteiger partial charge in [0.15, 0.2) is 0 Å². The Morgan fingerprint density at radius 1 is 1.15 bits per heavy atom. The van der Waals surface area contributed by atoms with Crippen molar-refractivity contribution >= 4 is 22.7 Å². The molecule has 0 bridgehead atoms. The molecule has 0 spiro atoms. The number of ether oxygens (including phenoxy) is 1. The molecule has 0 aliphatic rings. The number of anilines is 1. The number of nitrogens with zero attached hydrogens (tertiary/aromatic N) is 3. The summed E-state index contributed by atoms with van der Waals surface area (Å²) < 4.78 is 7.98. The number of aromatic nitrogens is 2. The first kappa shape index (κ1) is 18.7. The van der Waals surface area contributed by atoms with Crippen LogP contribution in [0.1, 0.15) is 5.56 Å². The van der Waals surface area contributed by atoms with Gasteiger partial charge in [-0.1, -0.05) is 12.1 Å². The van der Waals surface area contributed by atoms with Crippen LogP contribution >= 0.6 is 0 Å². The minimum absolute atomic E-state index is 0.111. The van der Waals surface area contributed by atoms with Crippen LogP contribution in [-0.2, 0) is 23.0 Å². The molecule has 1 atom stereocenters. The largest absolute Gasteiger partial charge is 0.468 e. The Morgan fingerprint density at radius 3 is 2.41 bits per heavy atom. The number of carbonyl (C=O) groups is 1. The quantitative estimate of drug-likeness (QED) is 0.689. The monoisotopic (exact) mass is 368 g/mol. The summed E-state index contributed by atoms with van der Waals surface area (Å²) >= 11 is 0. The Balaban J connectivity index is 2.02. The van der Waals surface area contributed by atoms with Crippen LogP contribution < -0.4 is 16.3 Å². The van der Waals surface area contributed by atoms with E-state index >= 15 is 0 Å². The van der Waals surface area contributed by atoms with Gasteiger partial charge in [0.1, 0.15) is 6.04 Å². The van der Waals surface area contributed by atoms with E-state index in [1.165, 1.54) is 7.11 Å². The fraction of sp³-hybridized carbons (Fsp3) is 0.300. The van der Waals surface area contributed by atoms with Crippen molar-refractivity contribution in [2.45, 2.75) is 12.5 Å². The Bertz CT molecular complexity index is 1030. The van der Waals surface area contributed by atoms with Gasteiger partial charge in [-0.25, -0.2) is 4.79 Å². The van der Waals surface area contributed by atoms with Gasteiger partial charge in [-0.15, -0.1) is 0 Å². The number of carbonyl (C=O) groups excluding carboxylic acids is 1. The van der Waals surface area contributed by atoms with E-state index in [-0.39, 0.29) is 5.69 Å². The van der Waals surface area contributed by atoms with E-state index in [2.05, 4.69) is 4.74 Å². The summed E-state index contributed by atoms with van der Waals surface area (Å²) in [6.07, 6.45) is 0.377. The van der Waals surface area contributed by atoms with Gasteiger partial charge in [0.2, 0.25) is 0 Å². The van der Waals surface area contributed by atoms with E-state index in [1.807, 2.05) is 61.5 Å². The maximum atomic E-state index is 12.8. The van der Waals surface area contributed by atoms with Crippen molar-refractivity contribution < 1.29 is 9.53 Å². The van der Waals surface area contributed by atoms with Gasteiger partial charge < -0.3 is 15.4 Å². The van der Waals surface area contributed by atoms with Crippen LogP contribution in [-0.4, -0.2) is 42.4 Å². The van der Waals surface area contributed by atoms with Crippen molar-refractivity contribution in [1.29, 1.82) is 0 Å². The molecule has 2 N–H and O–H groups in total. The molecular weight excluding hydrogens is 344 g/mol. The highest BCUT2D eigenvalue weighted by Gasteiger charge is 2.16. The molecule has 0 saturated heterocycles. The first-order valence-corrected chi connectivity index (χ1v) is 8.65. The lowest BCUT2D eigenvalue weighted by molar-refractivity contribution is -0.142. The highest BCUT2D eigenvalue weighted by molar-refractivity contribution is 5.82. The molecule has 0 saturated carbocycles. The lowest BCUT2D eigenvalue weighted by atomic mass is 10.1. The van der Waals surface area contributed by atoms with E-state index in [0.29, 0.717) is 6.42 Å². The lowest BCUT2D eigenvalue weighted by Gasteiger charge is -2.13. The summed E-state index contributed by atoms with van der Waals surface area (Å²) in [7, 11) is 7.01. The predicted octanol–water partition coefficient (Wildman–Crippen LogP) is 1.44. The lowest BCUT2D eigenvalue weighted by Crippen LogP contribution is -2.33. The maximum Gasteiger partial charge on any atom is 0.333 e. The van der Waals surface area contributed by atoms with Crippen molar-refractivity contribution in [2.75, 3.05) is 26.1 Å². The SMILES string of the molecule is COC(=O)[C@@H](N)Cc1ccc(-n2c(=O)n(C)c3ccc(N(C)C)cc32)cc1. The molecule has 0 unspecified atom stereocenters. The summed E-state index contributed by atoms with van der Waals surface area (Å²) in [5, 5.41) is 0. The number of aryl methyl sites for hydroxylation is 1. The second-order valence-electron chi connectivity index (χ2n) is 6.74. The first-order chi connectivity index (χ1) is 12.8. The molecule has 2 aromatic carbocycles. The molecule has 27 heavy (non-hydrogen) atoms. The average molecular weight is 368 g/mol. The van der Waals surface area contributed by atoms with Crippen LogP contribution in [0.5, 0.6) is 0 Å². The number of hydrogen-bond acceptors (Lipinski definition) is 5. The van der Waals surface area contributed by atoms with Gasteiger partial charge in [-0.3, -0.25) is 13.9 Å². The van der Waals surface area contributed by atoms with Gasteiger partial charge >= 0.3 is 11.7 Å². The van der Waals surface area contributed by atoms with Gasteiger partial charge in [0, 0.05) is 26.8 Å². The molecule has 0 fully saturated rings. The summed E-state index contributed by atoms with van der Waals surface area (Å²) in [6, 6.07) is 12.7. The zero-order valence-electron chi connectivity index (χ0n) is 16.0. The highest BCUT2D eigenvalue weighted by Crippen LogP contribution is 2.23. The van der Waals surface area contributed by atoms with Crippen LogP contribution in [0, 0.1) is 0 Å². The number of nitrogens with two attached hydrogens (primary N) is 1. The molecule has 142 valence electrons. The normalized spacial score (nSPS) is 12.2. The van der Waals surface area contributed by atoms with Crippen molar-refractivity contribution in [1.82, 2.24) is 9.13 Å². The molecule has 3 rings (SSSR count). The van der Waals surface area contributed by atoms with Crippen LogP contribution in [0.2, 0.25) is 0 Å². The second kappa shape index (κ2) is 7.28. The Morgan fingerprint density at radius 2 is 1.81 bits per heavy atom. The standard InChI is InChI=1S/C20H24N4O3/c1-22(2)15-9-10-17-18(12-15)24(20(26)23(17)3)14-7-5-13(6-8-14)11-16(21)19(25)27-4/h5-10,12,16H,11,21H2,1-4H3/t16-/m0/s1. The molecule has 0 amide bonds. The van der Waals surface area contributed by atoms with Gasteiger partial charge in [-0.05, 0) is 42.3 Å². The van der Waals surface area contributed by atoms with E-state index in [4.69, 9.17) is 5.73 Å². The van der Waals surface area contributed by atoms with Crippen LogP contribution in [0.15, 0.2) is 47.3 Å². The average Bonchev–Trinajstić information content (AvgIpc) is 2.92. The third kappa shape index (κ3) is 3.46. The number of methoxy groups -OCH3 is 1. The summed E-state index contributed by atoms with van der Waals surface area (Å²) in [5.74, 6) is -0.444. The third-order valence-corrected chi connectivity index (χ3v) is 4.71. The van der Waals surface area contributed by atoms with Gasteiger partial charge in [0.05, 0.1) is 23.8 Å². The molecule has 0 aliphatic heterocycles. The Hall–Kier alpha value is -3.06. The minimum Gasteiger partial charge on any atom is -0.468 e. The van der Waals surface area contributed by atoms with Crippen LogP contribution in [0.4, 0.5) is 5.69 Å². The zero-order valence-corrected chi connectivity index (χ0v) is 16.0. The number of hydrogen-bond donors (Lipinski definition) is 1. The van der Waals surface area contributed by atoms with E-state index in [0.717, 1.165) is 28.0 Å². The van der Waals surface area contributed by atoms with E-state index in [9.17, 15) is 9.59 Å². The maximum absolute atomic E-state index is 12.8. The van der Waals surface area contributed by atoms with Gasteiger partial charge in [-0.2, -0.15) is 0 Å². The van der Waals surface area contributed by atoms with E-state index in [1.54, 1.807) is 16.2 Å². The number of esters is 1. The summed E-state index contributed by atoms with van der Waals surface area (Å²) in [4.78, 5) is 26.3. The van der Waals surface area contributed by atoms with Crippen molar-refractivity contribution in [3.05, 3.63) is 58.5 Å². The number of fused-ring (bicyclic) bond motifs is 1. The molecule has 1 aromatic heterocycles. The highest BCUT2D eigenvalue weighted by atomic mass is 16.5. The number of benzene rings is 2. The molecule has 3 aromatic rings.